The Kier molecular flexibility index (Phi) is 4.77. The number of aryl methyl sites for hydroxylation is 1. The summed E-state index contributed by atoms with van der Waals surface area (Å²) in [6.07, 6.45) is 7.09. The summed E-state index contributed by atoms with van der Waals surface area (Å²) >= 11 is 0. The first-order chi connectivity index (χ1) is 10.2. The van der Waals surface area contributed by atoms with Gasteiger partial charge in [-0.1, -0.05) is 26.0 Å². The molecule has 0 fully saturated rings. The second-order valence-electron chi connectivity index (χ2n) is 5.03. The lowest BCUT2D eigenvalue weighted by Gasteiger charge is -2.10. The molecular weight excluding hydrogens is 268 g/mol. The zero-order valence-corrected chi connectivity index (χ0v) is 12.9. The van der Waals surface area contributed by atoms with Gasteiger partial charge in [0.05, 0.1) is 6.33 Å². The third kappa shape index (κ3) is 2.70. The van der Waals surface area contributed by atoms with E-state index in [1.165, 1.54) is 4.57 Å². The highest BCUT2D eigenvalue weighted by atomic mass is 16.2. The van der Waals surface area contributed by atoms with Crippen LogP contribution in [0.4, 0.5) is 0 Å². The van der Waals surface area contributed by atoms with Crippen molar-refractivity contribution in [3.63, 3.8) is 0 Å². The van der Waals surface area contributed by atoms with Gasteiger partial charge in [0.1, 0.15) is 0 Å². The molecule has 0 aliphatic heterocycles. The van der Waals surface area contributed by atoms with Crippen LogP contribution in [0.1, 0.15) is 33.6 Å². The van der Waals surface area contributed by atoms with Crippen molar-refractivity contribution in [1.82, 2.24) is 18.7 Å². The Morgan fingerprint density at radius 1 is 1.14 bits per heavy atom. The molecule has 0 saturated heterocycles. The van der Waals surface area contributed by atoms with Crippen molar-refractivity contribution in [3.8, 4) is 0 Å². The molecule has 0 radical (unpaired) electrons. The van der Waals surface area contributed by atoms with Crippen LogP contribution in [0.5, 0.6) is 0 Å². The second-order valence-corrected chi connectivity index (χ2v) is 5.03. The van der Waals surface area contributed by atoms with E-state index in [4.69, 9.17) is 0 Å². The third-order valence-electron chi connectivity index (χ3n) is 3.42. The smallest absolute Gasteiger partial charge is 0.321 e. The first-order valence-corrected chi connectivity index (χ1v) is 7.45. The Labute approximate surface area is 123 Å². The molecule has 0 aliphatic carbocycles. The van der Waals surface area contributed by atoms with Gasteiger partial charge in [-0.2, -0.15) is 0 Å². The van der Waals surface area contributed by atoms with Gasteiger partial charge in [0.2, 0.25) is 0 Å². The maximum Gasteiger partial charge on any atom is 0.332 e. The normalized spacial score (nSPS) is 11.8. The quantitative estimate of drug-likeness (QED) is 0.762. The monoisotopic (exact) mass is 290 g/mol. The van der Waals surface area contributed by atoms with Gasteiger partial charge < -0.3 is 4.57 Å². The van der Waals surface area contributed by atoms with E-state index in [0.717, 1.165) is 12.8 Å². The van der Waals surface area contributed by atoms with E-state index in [2.05, 4.69) is 4.98 Å². The number of hydrogen-bond donors (Lipinski definition) is 0. The van der Waals surface area contributed by atoms with Crippen LogP contribution in [0.3, 0.4) is 0 Å². The topological polar surface area (TPSA) is 61.8 Å². The molecule has 6 nitrogen and oxygen atoms in total. The van der Waals surface area contributed by atoms with E-state index in [1.807, 2.05) is 32.9 Å². The minimum absolute atomic E-state index is 0.244. The Morgan fingerprint density at radius 2 is 1.81 bits per heavy atom. The summed E-state index contributed by atoms with van der Waals surface area (Å²) in [5.74, 6) is 0. The van der Waals surface area contributed by atoms with E-state index in [0.29, 0.717) is 30.8 Å². The van der Waals surface area contributed by atoms with Crippen molar-refractivity contribution in [1.29, 1.82) is 0 Å². The largest absolute Gasteiger partial charge is 0.332 e. The molecule has 2 aromatic heterocycles. The van der Waals surface area contributed by atoms with Gasteiger partial charge in [0.15, 0.2) is 11.2 Å². The van der Waals surface area contributed by atoms with Gasteiger partial charge in [-0.15, -0.1) is 0 Å². The molecule has 2 heterocycles. The highest BCUT2D eigenvalue weighted by Crippen LogP contribution is 2.07. The van der Waals surface area contributed by atoms with Gasteiger partial charge >= 0.3 is 5.69 Å². The Balaban J connectivity index is 2.79. The molecule has 0 aliphatic rings. The summed E-state index contributed by atoms with van der Waals surface area (Å²) in [4.78, 5) is 29.4. The first-order valence-electron chi connectivity index (χ1n) is 7.45. The molecule has 21 heavy (non-hydrogen) atoms. The molecule has 2 rings (SSSR count). The average molecular weight is 290 g/mol. The lowest BCUT2D eigenvalue weighted by Crippen LogP contribution is -2.40. The molecule has 0 amide bonds. The van der Waals surface area contributed by atoms with Gasteiger partial charge in [0.25, 0.3) is 5.56 Å². The maximum atomic E-state index is 12.6. The minimum atomic E-state index is -0.257. The number of rotatable bonds is 6. The Morgan fingerprint density at radius 3 is 2.43 bits per heavy atom. The summed E-state index contributed by atoms with van der Waals surface area (Å²) in [6, 6.07) is 0. The van der Waals surface area contributed by atoms with E-state index < -0.39 is 0 Å². The van der Waals surface area contributed by atoms with Crippen LogP contribution in [-0.4, -0.2) is 18.7 Å². The van der Waals surface area contributed by atoms with Crippen molar-refractivity contribution < 1.29 is 0 Å². The van der Waals surface area contributed by atoms with Crippen LogP contribution in [0.15, 0.2) is 28.1 Å². The van der Waals surface area contributed by atoms with Crippen molar-refractivity contribution in [3.05, 3.63) is 39.3 Å². The van der Waals surface area contributed by atoms with Crippen LogP contribution in [-0.2, 0) is 19.6 Å². The highest BCUT2D eigenvalue weighted by molar-refractivity contribution is 5.70. The molecule has 114 valence electrons. The number of fused-ring (bicyclic) bond motifs is 1. The lowest BCUT2D eigenvalue weighted by molar-refractivity contribution is 0.554. The predicted octanol–water partition coefficient (Wildman–Crippen LogP) is 1.76. The van der Waals surface area contributed by atoms with Gasteiger partial charge in [-0.25, -0.2) is 9.78 Å². The SMILES string of the molecule is CC=CCn1cnc2c1c(=O)n(CCC)c(=O)n2CCC. The second kappa shape index (κ2) is 6.56. The summed E-state index contributed by atoms with van der Waals surface area (Å²) in [6.45, 7) is 7.48. The Hall–Kier alpha value is -2.11. The molecule has 0 aromatic carbocycles. The van der Waals surface area contributed by atoms with Gasteiger partial charge in [-0.3, -0.25) is 13.9 Å². The third-order valence-corrected chi connectivity index (χ3v) is 3.42. The first kappa shape index (κ1) is 15.3. The van der Waals surface area contributed by atoms with Gasteiger partial charge in [0, 0.05) is 19.6 Å². The van der Waals surface area contributed by atoms with Crippen molar-refractivity contribution >= 4 is 11.2 Å². The zero-order valence-electron chi connectivity index (χ0n) is 12.9. The molecule has 0 spiro atoms. The van der Waals surface area contributed by atoms with Crippen LogP contribution in [0.2, 0.25) is 0 Å². The van der Waals surface area contributed by atoms with E-state index >= 15 is 0 Å². The fourth-order valence-electron chi connectivity index (χ4n) is 2.44. The molecule has 2 aromatic rings. The van der Waals surface area contributed by atoms with Crippen molar-refractivity contribution in [2.24, 2.45) is 0 Å². The standard InChI is InChI=1S/C15H22N4O2/c1-4-7-10-17-11-16-13-12(17)14(20)19(9-6-3)15(21)18(13)8-5-2/h4,7,11H,5-6,8-10H2,1-3H3. The van der Waals surface area contributed by atoms with E-state index in [9.17, 15) is 9.59 Å². The average Bonchev–Trinajstić information content (AvgIpc) is 2.89. The lowest BCUT2D eigenvalue weighted by atomic mass is 10.4. The fourth-order valence-corrected chi connectivity index (χ4v) is 2.44. The number of hydrogen-bond acceptors (Lipinski definition) is 3. The van der Waals surface area contributed by atoms with Crippen LogP contribution in [0.25, 0.3) is 11.2 Å². The van der Waals surface area contributed by atoms with Crippen molar-refractivity contribution in [2.75, 3.05) is 0 Å². The van der Waals surface area contributed by atoms with Crippen LogP contribution < -0.4 is 11.2 Å². The van der Waals surface area contributed by atoms with Gasteiger partial charge in [-0.05, 0) is 19.8 Å². The van der Waals surface area contributed by atoms with E-state index in [1.54, 1.807) is 15.5 Å². The number of aromatic nitrogens is 4. The predicted molar refractivity (Wildman–Crippen MR) is 83.6 cm³/mol. The van der Waals surface area contributed by atoms with Crippen LogP contribution >= 0.6 is 0 Å². The van der Waals surface area contributed by atoms with Crippen LogP contribution in [0, 0.1) is 0 Å². The summed E-state index contributed by atoms with van der Waals surface area (Å²) in [5, 5.41) is 0. The molecule has 0 saturated carbocycles. The van der Waals surface area contributed by atoms with E-state index in [-0.39, 0.29) is 11.2 Å². The number of imidazole rings is 1. The summed E-state index contributed by atoms with van der Waals surface area (Å²) in [7, 11) is 0. The number of allylic oxidation sites excluding steroid dienone is 2. The molecule has 6 heteroatoms. The zero-order chi connectivity index (χ0) is 15.4. The molecular formula is C15H22N4O2. The molecule has 0 atom stereocenters. The summed E-state index contributed by atoms with van der Waals surface area (Å²) < 4.78 is 4.74. The fraction of sp³-hybridized carbons (Fsp3) is 0.533. The minimum Gasteiger partial charge on any atom is -0.321 e. The molecule has 0 unspecified atom stereocenters. The Bertz CT molecular complexity index is 764. The number of nitrogens with zero attached hydrogens (tertiary/aromatic N) is 4. The molecule has 0 N–H and O–H groups in total. The summed E-state index contributed by atoms with van der Waals surface area (Å²) in [5.41, 5.74) is 0.497. The molecule has 0 bridgehead atoms. The highest BCUT2D eigenvalue weighted by Gasteiger charge is 2.16. The van der Waals surface area contributed by atoms with Crippen molar-refractivity contribution in [2.45, 2.75) is 53.2 Å². The maximum absolute atomic E-state index is 12.6.